The van der Waals surface area contributed by atoms with Crippen LogP contribution in [0.25, 0.3) is 5.69 Å². The van der Waals surface area contributed by atoms with Gasteiger partial charge < -0.3 is 5.73 Å². The van der Waals surface area contributed by atoms with Crippen LogP contribution in [-0.2, 0) is 6.42 Å². The third-order valence-corrected chi connectivity index (χ3v) is 3.42. The van der Waals surface area contributed by atoms with Crippen LogP contribution in [0.15, 0.2) is 61.1 Å². The van der Waals surface area contributed by atoms with Gasteiger partial charge in [-0.1, -0.05) is 29.5 Å². The van der Waals surface area contributed by atoms with Gasteiger partial charge in [-0.15, -0.1) is 5.10 Å². The van der Waals surface area contributed by atoms with Crippen molar-refractivity contribution in [1.29, 1.82) is 0 Å². The summed E-state index contributed by atoms with van der Waals surface area (Å²) in [6, 6.07) is 13.8. The summed E-state index contributed by atoms with van der Waals surface area (Å²) < 4.78 is 1.80. The van der Waals surface area contributed by atoms with E-state index in [9.17, 15) is 0 Å². The smallest absolute Gasteiger partial charge is 0.0813 e. The van der Waals surface area contributed by atoms with Crippen molar-refractivity contribution in [3.63, 3.8) is 0 Å². The van der Waals surface area contributed by atoms with Crippen molar-refractivity contribution < 1.29 is 0 Å². The maximum Gasteiger partial charge on any atom is 0.0813 e. The molecular formula is C16H17N5. The highest BCUT2D eigenvalue weighted by Crippen LogP contribution is 2.18. The van der Waals surface area contributed by atoms with Gasteiger partial charge in [0.1, 0.15) is 0 Å². The Morgan fingerprint density at radius 1 is 1.05 bits per heavy atom. The largest absolute Gasteiger partial charge is 0.323 e. The molecule has 1 atom stereocenters. The van der Waals surface area contributed by atoms with Crippen LogP contribution in [0.5, 0.6) is 0 Å². The first kappa shape index (κ1) is 13.5. The lowest BCUT2D eigenvalue weighted by Crippen LogP contribution is -2.16. The molecule has 0 spiro atoms. The molecule has 0 amide bonds. The standard InChI is InChI=1S/C16H17N5/c17-15(9-8-13-5-4-10-18-11-13)16-12-19-20-21(16)14-6-2-1-3-7-14/h1-7,10-12,15H,8-9,17H2. The second kappa shape index (κ2) is 6.28. The Balaban J connectivity index is 1.74. The number of para-hydroxylation sites is 1. The fourth-order valence-corrected chi connectivity index (χ4v) is 2.28. The molecule has 0 saturated heterocycles. The Hall–Kier alpha value is -2.53. The van der Waals surface area contributed by atoms with E-state index in [0.717, 1.165) is 24.2 Å². The summed E-state index contributed by atoms with van der Waals surface area (Å²) in [5.74, 6) is 0. The van der Waals surface area contributed by atoms with Crippen LogP contribution in [0.1, 0.15) is 23.7 Å². The summed E-state index contributed by atoms with van der Waals surface area (Å²) in [6.07, 6.45) is 7.10. The van der Waals surface area contributed by atoms with Crippen LogP contribution in [-0.4, -0.2) is 20.0 Å². The number of hydrogen-bond acceptors (Lipinski definition) is 4. The molecular weight excluding hydrogens is 262 g/mol. The monoisotopic (exact) mass is 279 g/mol. The van der Waals surface area contributed by atoms with Crippen LogP contribution in [0.2, 0.25) is 0 Å². The van der Waals surface area contributed by atoms with Crippen molar-refractivity contribution in [3.8, 4) is 5.69 Å². The maximum absolute atomic E-state index is 6.30. The lowest BCUT2D eigenvalue weighted by molar-refractivity contribution is 0.604. The molecule has 0 aliphatic rings. The average Bonchev–Trinajstić information content (AvgIpc) is 3.04. The molecule has 5 nitrogen and oxygen atoms in total. The van der Waals surface area contributed by atoms with Crippen molar-refractivity contribution in [1.82, 2.24) is 20.0 Å². The van der Waals surface area contributed by atoms with E-state index in [4.69, 9.17) is 5.73 Å². The third kappa shape index (κ3) is 3.14. The highest BCUT2D eigenvalue weighted by Gasteiger charge is 2.14. The van der Waals surface area contributed by atoms with E-state index in [0.29, 0.717) is 0 Å². The molecule has 0 aliphatic heterocycles. The van der Waals surface area contributed by atoms with Gasteiger partial charge in [-0.2, -0.15) is 0 Å². The Morgan fingerprint density at radius 3 is 2.67 bits per heavy atom. The predicted molar refractivity (Wildman–Crippen MR) is 80.8 cm³/mol. The van der Waals surface area contributed by atoms with Gasteiger partial charge in [0, 0.05) is 18.4 Å². The molecule has 0 radical (unpaired) electrons. The highest BCUT2D eigenvalue weighted by atomic mass is 15.4. The zero-order valence-corrected chi connectivity index (χ0v) is 11.6. The van der Waals surface area contributed by atoms with E-state index in [1.54, 1.807) is 17.1 Å². The second-order valence-electron chi connectivity index (χ2n) is 4.91. The maximum atomic E-state index is 6.30. The van der Waals surface area contributed by atoms with E-state index < -0.39 is 0 Å². The summed E-state index contributed by atoms with van der Waals surface area (Å²) in [7, 11) is 0. The molecule has 5 heteroatoms. The minimum Gasteiger partial charge on any atom is -0.323 e. The van der Waals surface area contributed by atoms with Gasteiger partial charge >= 0.3 is 0 Å². The van der Waals surface area contributed by atoms with Crippen molar-refractivity contribution in [3.05, 3.63) is 72.3 Å². The Bertz CT molecular complexity index is 678. The number of aromatic nitrogens is 4. The van der Waals surface area contributed by atoms with Gasteiger partial charge in [0.2, 0.25) is 0 Å². The average molecular weight is 279 g/mol. The molecule has 3 aromatic rings. The molecule has 0 aliphatic carbocycles. The summed E-state index contributed by atoms with van der Waals surface area (Å²) >= 11 is 0. The van der Waals surface area contributed by atoms with E-state index in [-0.39, 0.29) is 6.04 Å². The number of pyridine rings is 1. The Kier molecular flexibility index (Phi) is 4.02. The first-order chi connectivity index (χ1) is 10.3. The number of aryl methyl sites for hydroxylation is 1. The predicted octanol–water partition coefficient (Wildman–Crippen LogP) is 2.29. The number of nitrogens with zero attached hydrogens (tertiary/aromatic N) is 4. The quantitative estimate of drug-likeness (QED) is 0.778. The lowest BCUT2D eigenvalue weighted by atomic mass is 10.1. The normalized spacial score (nSPS) is 12.2. The van der Waals surface area contributed by atoms with Crippen LogP contribution in [0, 0.1) is 0 Å². The van der Waals surface area contributed by atoms with Crippen LogP contribution < -0.4 is 5.73 Å². The van der Waals surface area contributed by atoms with Crippen molar-refractivity contribution in [2.24, 2.45) is 5.73 Å². The summed E-state index contributed by atoms with van der Waals surface area (Å²) in [4.78, 5) is 4.12. The minimum absolute atomic E-state index is 0.111. The first-order valence-corrected chi connectivity index (χ1v) is 6.95. The Morgan fingerprint density at radius 2 is 1.90 bits per heavy atom. The molecule has 2 N–H and O–H groups in total. The molecule has 3 rings (SSSR count). The topological polar surface area (TPSA) is 69.6 Å². The van der Waals surface area contributed by atoms with Gasteiger partial charge in [-0.05, 0) is 36.6 Å². The van der Waals surface area contributed by atoms with Gasteiger partial charge in [0.15, 0.2) is 0 Å². The molecule has 0 bridgehead atoms. The summed E-state index contributed by atoms with van der Waals surface area (Å²) in [5, 5.41) is 8.13. The number of nitrogens with two attached hydrogens (primary N) is 1. The SMILES string of the molecule is NC(CCc1cccnc1)c1cnnn1-c1ccccc1. The Labute approximate surface area is 123 Å². The van der Waals surface area contributed by atoms with Gasteiger partial charge in [0.25, 0.3) is 0 Å². The van der Waals surface area contributed by atoms with Crippen LogP contribution in [0.3, 0.4) is 0 Å². The fourth-order valence-electron chi connectivity index (χ4n) is 2.28. The molecule has 21 heavy (non-hydrogen) atoms. The molecule has 1 unspecified atom stereocenters. The zero-order chi connectivity index (χ0) is 14.5. The van der Waals surface area contributed by atoms with E-state index in [1.165, 1.54) is 5.56 Å². The number of hydrogen-bond donors (Lipinski definition) is 1. The van der Waals surface area contributed by atoms with Crippen molar-refractivity contribution >= 4 is 0 Å². The molecule has 0 saturated carbocycles. The summed E-state index contributed by atoms with van der Waals surface area (Å²) in [5.41, 5.74) is 9.39. The van der Waals surface area contributed by atoms with Gasteiger partial charge in [-0.25, -0.2) is 4.68 Å². The van der Waals surface area contributed by atoms with Crippen LogP contribution in [0.4, 0.5) is 0 Å². The fraction of sp³-hybridized carbons (Fsp3) is 0.188. The molecule has 2 heterocycles. The van der Waals surface area contributed by atoms with Crippen molar-refractivity contribution in [2.75, 3.05) is 0 Å². The molecule has 2 aromatic heterocycles. The third-order valence-electron chi connectivity index (χ3n) is 3.42. The van der Waals surface area contributed by atoms with E-state index >= 15 is 0 Å². The number of rotatable bonds is 5. The van der Waals surface area contributed by atoms with Gasteiger partial charge in [-0.3, -0.25) is 4.98 Å². The molecule has 0 fully saturated rings. The zero-order valence-electron chi connectivity index (χ0n) is 11.6. The molecule has 1 aromatic carbocycles. The lowest BCUT2D eigenvalue weighted by Gasteiger charge is -2.13. The van der Waals surface area contributed by atoms with Crippen molar-refractivity contribution in [2.45, 2.75) is 18.9 Å². The van der Waals surface area contributed by atoms with Gasteiger partial charge in [0.05, 0.1) is 17.6 Å². The van der Waals surface area contributed by atoms with Crippen LogP contribution >= 0.6 is 0 Å². The first-order valence-electron chi connectivity index (χ1n) is 6.95. The second-order valence-corrected chi connectivity index (χ2v) is 4.91. The molecule has 106 valence electrons. The van der Waals surface area contributed by atoms with E-state index in [2.05, 4.69) is 21.4 Å². The minimum atomic E-state index is -0.111. The summed E-state index contributed by atoms with van der Waals surface area (Å²) in [6.45, 7) is 0. The number of benzene rings is 1. The van der Waals surface area contributed by atoms with E-state index in [1.807, 2.05) is 42.6 Å². The highest BCUT2D eigenvalue weighted by molar-refractivity contribution is 5.32.